The van der Waals surface area contributed by atoms with Crippen molar-refractivity contribution in [1.82, 2.24) is 9.80 Å². The number of carbonyl (C=O) groups is 2. The van der Waals surface area contributed by atoms with E-state index in [-0.39, 0.29) is 17.7 Å². The first kappa shape index (κ1) is 16.8. The number of hydrogen-bond acceptors (Lipinski definition) is 4. The van der Waals surface area contributed by atoms with Gasteiger partial charge in [0.25, 0.3) is 0 Å². The number of primary amides is 1. The summed E-state index contributed by atoms with van der Waals surface area (Å²) in [5, 5.41) is 0. The van der Waals surface area contributed by atoms with Gasteiger partial charge in [0.1, 0.15) is 5.75 Å². The molecule has 1 saturated heterocycles. The Labute approximate surface area is 142 Å². The molecule has 24 heavy (non-hydrogen) atoms. The number of carbonyl (C=O) groups excluding carboxylic acids is 2. The lowest BCUT2D eigenvalue weighted by Crippen LogP contribution is -2.44. The molecule has 1 aliphatic heterocycles. The predicted octanol–water partition coefficient (Wildman–Crippen LogP) is 0.602. The van der Waals surface area contributed by atoms with Crippen LogP contribution in [0.2, 0.25) is 0 Å². The summed E-state index contributed by atoms with van der Waals surface area (Å²) in [6.07, 6.45) is 1.71. The highest BCUT2D eigenvalue weighted by atomic mass is 16.5. The normalized spacial score (nSPS) is 23.4. The Kier molecular flexibility index (Phi) is 4.49. The zero-order valence-corrected chi connectivity index (χ0v) is 14.3. The third-order valence-corrected chi connectivity index (χ3v) is 5.22. The Bertz CT molecular complexity index is 625. The Balaban J connectivity index is 1.80. The minimum absolute atomic E-state index is 0.120. The van der Waals surface area contributed by atoms with E-state index in [0.717, 1.165) is 30.7 Å². The summed E-state index contributed by atoms with van der Waals surface area (Å²) in [5.74, 6) is 0.255. The summed E-state index contributed by atoms with van der Waals surface area (Å²) in [7, 11) is 3.59. The fourth-order valence-electron chi connectivity index (χ4n) is 3.50. The first-order chi connectivity index (χ1) is 11.5. The molecular formula is C18H25N3O3. The molecule has 1 aliphatic carbocycles. The van der Waals surface area contributed by atoms with E-state index in [2.05, 4.69) is 4.90 Å². The van der Waals surface area contributed by atoms with Crippen LogP contribution in [0, 0.1) is 5.92 Å². The van der Waals surface area contributed by atoms with Gasteiger partial charge in [0.15, 0.2) is 0 Å². The lowest BCUT2D eigenvalue weighted by Gasteiger charge is -2.28. The average molecular weight is 331 g/mol. The fraction of sp³-hybridized carbons (Fsp3) is 0.556. The van der Waals surface area contributed by atoms with E-state index in [9.17, 15) is 9.59 Å². The fourth-order valence-corrected chi connectivity index (χ4v) is 3.50. The maximum Gasteiger partial charge on any atom is 0.233 e. The van der Waals surface area contributed by atoms with Crippen LogP contribution < -0.4 is 10.5 Å². The zero-order chi connectivity index (χ0) is 17.3. The first-order valence-corrected chi connectivity index (χ1v) is 8.38. The van der Waals surface area contributed by atoms with E-state index in [4.69, 9.17) is 10.5 Å². The van der Waals surface area contributed by atoms with E-state index < -0.39 is 5.41 Å². The summed E-state index contributed by atoms with van der Waals surface area (Å²) >= 11 is 0. The lowest BCUT2D eigenvalue weighted by atomic mass is 9.93. The number of methoxy groups -OCH3 is 1. The second-order valence-corrected chi connectivity index (χ2v) is 6.92. The van der Waals surface area contributed by atoms with Gasteiger partial charge in [-0.3, -0.25) is 9.59 Å². The van der Waals surface area contributed by atoms with Gasteiger partial charge in [-0.2, -0.15) is 0 Å². The summed E-state index contributed by atoms with van der Waals surface area (Å²) < 4.78 is 5.20. The standard InChI is InChI=1S/C18H25N3O3/c1-20-9-10-21(12-13(11-20)16(19)22)17(23)18(7-8-18)14-3-5-15(24-2)6-4-14/h3-6,13H,7-12H2,1-2H3,(H2,19,22). The summed E-state index contributed by atoms with van der Waals surface area (Å²) in [6.45, 7) is 2.41. The molecule has 1 aromatic carbocycles. The molecule has 0 radical (unpaired) electrons. The van der Waals surface area contributed by atoms with Crippen molar-refractivity contribution in [3.63, 3.8) is 0 Å². The molecular weight excluding hydrogens is 306 g/mol. The topological polar surface area (TPSA) is 75.9 Å². The monoisotopic (exact) mass is 331 g/mol. The van der Waals surface area contributed by atoms with Crippen molar-refractivity contribution in [3.8, 4) is 5.75 Å². The Morgan fingerprint density at radius 1 is 1.17 bits per heavy atom. The second kappa shape index (κ2) is 6.43. The van der Waals surface area contributed by atoms with Crippen LogP contribution in [0.3, 0.4) is 0 Å². The van der Waals surface area contributed by atoms with Crippen molar-refractivity contribution in [1.29, 1.82) is 0 Å². The number of rotatable bonds is 4. The molecule has 1 saturated carbocycles. The third-order valence-electron chi connectivity index (χ3n) is 5.22. The average Bonchev–Trinajstić information content (AvgIpc) is 3.39. The van der Waals surface area contributed by atoms with Gasteiger partial charge in [-0.05, 0) is 37.6 Å². The molecule has 1 unspecified atom stereocenters. The summed E-state index contributed by atoms with van der Waals surface area (Å²) in [6, 6.07) is 7.73. The molecule has 6 heteroatoms. The Morgan fingerprint density at radius 3 is 2.38 bits per heavy atom. The smallest absolute Gasteiger partial charge is 0.233 e. The van der Waals surface area contributed by atoms with Crippen LogP contribution in [0.25, 0.3) is 0 Å². The minimum atomic E-state index is -0.433. The summed E-state index contributed by atoms with van der Waals surface area (Å²) in [4.78, 5) is 28.8. The maximum atomic E-state index is 13.2. The van der Waals surface area contributed by atoms with E-state index in [1.807, 2.05) is 36.2 Å². The van der Waals surface area contributed by atoms with E-state index in [0.29, 0.717) is 19.6 Å². The van der Waals surface area contributed by atoms with Gasteiger partial charge >= 0.3 is 0 Å². The minimum Gasteiger partial charge on any atom is -0.497 e. The highest BCUT2D eigenvalue weighted by molar-refractivity contribution is 5.92. The quantitative estimate of drug-likeness (QED) is 0.877. The van der Waals surface area contributed by atoms with Crippen LogP contribution in [0.1, 0.15) is 18.4 Å². The van der Waals surface area contributed by atoms with Crippen molar-refractivity contribution in [2.45, 2.75) is 18.3 Å². The molecule has 6 nitrogen and oxygen atoms in total. The number of likely N-dealkylation sites (N-methyl/N-ethyl adjacent to an activating group) is 1. The van der Waals surface area contributed by atoms with Gasteiger partial charge in [0, 0.05) is 26.2 Å². The van der Waals surface area contributed by atoms with Crippen molar-refractivity contribution < 1.29 is 14.3 Å². The van der Waals surface area contributed by atoms with Crippen LogP contribution >= 0.6 is 0 Å². The number of ether oxygens (including phenoxy) is 1. The number of nitrogens with zero attached hydrogens (tertiary/aromatic N) is 2. The molecule has 130 valence electrons. The molecule has 2 aliphatic rings. The van der Waals surface area contributed by atoms with Crippen LogP contribution in [0.15, 0.2) is 24.3 Å². The molecule has 1 heterocycles. The van der Waals surface area contributed by atoms with Crippen LogP contribution in [-0.2, 0) is 15.0 Å². The Hall–Kier alpha value is -2.08. The molecule has 1 atom stereocenters. The third kappa shape index (κ3) is 3.11. The highest BCUT2D eigenvalue weighted by Crippen LogP contribution is 2.50. The molecule has 2 fully saturated rings. The van der Waals surface area contributed by atoms with Crippen LogP contribution in [0.4, 0.5) is 0 Å². The highest BCUT2D eigenvalue weighted by Gasteiger charge is 2.53. The molecule has 0 aromatic heterocycles. The predicted molar refractivity (Wildman–Crippen MR) is 90.7 cm³/mol. The molecule has 1 aromatic rings. The number of hydrogen-bond donors (Lipinski definition) is 1. The maximum absolute atomic E-state index is 13.2. The van der Waals surface area contributed by atoms with Gasteiger partial charge in [-0.15, -0.1) is 0 Å². The van der Waals surface area contributed by atoms with E-state index in [1.165, 1.54) is 0 Å². The molecule has 0 bridgehead atoms. The lowest BCUT2D eigenvalue weighted by molar-refractivity contribution is -0.135. The number of nitrogens with two attached hydrogens (primary N) is 1. The Morgan fingerprint density at radius 2 is 1.83 bits per heavy atom. The first-order valence-electron chi connectivity index (χ1n) is 8.38. The van der Waals surface area contributed by atoms with Gasteiger partial charge in [-0.25, -0.2) is 0 Å². The van der Waals surface area contributed by atoms with Crippen LogP contribution in [0.5, 0.6) is 5.75 Å². The van der Waals surface area contributed by atoms with Crippen molar-refractivity contribution in [2.75, 3.05) is 40.3 Å². The molecule has 3 rings (SSSR count). The SMILES string of the molecule is COc1ccc(C2(C(=O)N3CCN(C)CC(C(N)=O)C3)CC2)cc1. The van der Waals surface area contributed by atoms with Gasteiger partial charge in [0.2, 0.25) is 11.8 Å². The molecule has 2 N–H and O–H groups in total. The van der Waals surface area contributed by atoms with Crippen LogP contribution in [-0.4, -0.2) is 62.0 Å². The second-order valence-electron chi connectivity index (χ2n) is 6.92. The molecule has 0 spiro atoms. The van der Waals surface area contributed by atoms with Crippen molar-refractivity contribution in [2.24, 2.45) is 11.7 Å². The van der Waals surface area contributed by atoms with Gasteiger partial charge < -0.3 is 20.3 Å². The zero-order valence-electron chi connectivity index (χ0n) is 14.3. The van der Waals surface area contributed by atoms with E-state index in [1.54, 1.807) is 7.11 Å². The number of amides is 2. The number of benzene rings is 1. The summed E-state index contributed by atoms with van der Waals surface area (Å²) in [5.41, 5.74) is 6.11. The van der Waals surface area contributed by atoms with Gasteiger partial charge in [-0.1, -0.05) is 12.1 Å². The van der Waals surface area contributed by atoms with Crippen molar-refractivity contribution in [3.05, 3.63) is 29.8 Å². The van der Waals surface area contributed by atoms with Gasteiger partial charge in [0.05, 0.1) is 18.4 Å². The van der Waals surface area contributed by atoms with E-state index >= 15 is 0 Å². The van der Waals surface area contributed by atoms with Crippen molar-refractivity contribution >= 4 is 11.8 Å². The molecule has 2 amide bonds. The largest absolute Gasteiger partial charge is 0.497 e.